The minimum atomic E-state index is 0.484. The summed E-state index contributed by atoms with van der Waals surface area (Å²) in [5, 5.41) is 7.98. The number of hydrogen-bond acceptors (Lipinski definition) is 3. The van der Waals surface area contributed by atoms with Gasteiger partial charge in [0.15, 0.2) is 0 Å². The van der Waals surface area contributed by atoms with Gasteiger partial charge >= 0.3 is 0 Å². The largest absolute Gasteiger partial charge is 0.378 e. The molecule has 2 atom stereocenters. The van der Waals surface area contributed by atoms with E-state index in [1.165, 1.54) is 43.5 Å². The van der Waals surface area contributed by atoms with Crippen LogP contribution in [0.1, 0.15) is 50.4 Å². The van der Waals surface area contributed by atoms with E-state index in [-0.39, 0.29) is 0 Å². The number of aromatic nitrogens is 2. The molecule has 2 rings (SSSR count). The predicted molar refractivity (Wildman–Crippen MR) is 82.0 cm³/mol. The van der Waals surface area contributed by atoms with Crippen LogP contribution in [0.15, 0.2) is 6.07 Å². The Morgan fingerprint density at radius 1 is 1.50 bits per heavy atom. The first-order valence-corrected chi connectivity index (χ1v) is 8.03. The first-order chi connectivity index (χ1) is 9.72. The highest BCUT2D eigenvalue weighted by molar-refractivity contribution is 5.11. The second-order valence-corrected chi connectivity index (χ2v) is 5.86. The van der Waals surface area contributed by atoms with Crippen molar-refractivity contribution in [1.29, 1.82) is 0 Å². The van der Waals surface area contributed by atoms with E-state index in [0.717, 1.165) is 19.4 Å². The molecule has 0 aliphatic carbocycles. The fraction of sp³-hybridized carbons (Fsp3) is 0.812. The third-order valence-electron chi connectivity index (χ3n) is 4.36. The van der Waals surface area contributed by atoms with Crippen LogP contribution in [0.5, 0.6) is 0 Å². The van der Waals surface area contributed by atoms with Crippen molar-refractivity contribution in [2.45, 2.75) is 64.0 Å². The lowest BCUT2D eigenvalue weighted by Gasteiger charge is -2.24. The number of likely N-dealkylation sites (N-methyl/N-ethyl adjacent to an activating group) is 1. The molecular weight excluding hydrogens is 250 g/mol. The van der Waals surface area contributed by atoms with Crippen molar-refractivity contribution in [3.63, 3.8) is 0 Å². The molecule has 0 bridgehead atoms. The molecule has 0 spiro atoms. The van der Waals surface area contributed by atoms with Crippen LogP contribution in [0, 0.1) is 0 Å². The Bertz CT molecular complexity index is 396. The number of aryl methyl sites for hydroxylation is 2. The number of hydrogen-bond donors (Lipinski definition) is 1. The number of nitrogens with zero attached hydrogens (tertiary/aromatic N) is 2. The Labute approximate surface area is 122 Å². The molecule has 4 nitrogen and oxygen atoms in total. The Balaban J connectivity index is 1.83. The first-order valence-electron chi connectivity index (χ1n) is 8.03. The molecule has 2 heterocycles. The van der Waals surface area contributed by atoms with E-state index in [0.29, 0.717) is 12.1 Å². The maximum atomic E-state index is 5.82. The van der Waals surface area contributed by atoms with Crippen LogP contribution in [0.3, 0.4) is 0 Å². The van der Waals surface area contributed by atoms with Crippen molar-refractivity contribution >= 4 is 0 Å². The molecule has 1 aliphatic heterocycles. The molecule has 4 heteroatoms. The van der Waals surface area contributed by atoms with Crippen molar-refractivity contribution < 1.29 is 4.74 Å². The predicted octanol–water partition coefficient (Wildman–Crippen LogP) is 2.46. The zero-order valence-corrected chi connectivity index (χ0v) is 13.2. The molecule has 0 amide bonds. The minimum absolute atomic E-state index is 0.484. The van der Waals surface area contributed by atoms with Crippen molar-refractivity contribution in [2.24, 2.45) is 7.05 Å². The van der Waals surface area contributed by atoms with E-state index in [4.69, 9.17) is 4.74 Å². The third-order valence-corrected chi connectivity index (χ3v) is 4.36. The smallest absolute Gasteiger partial charge is 0.0624 e. The Morgan fingerprint density at radius 2 is 2.35 bits per heavy atom. The van der Waals surface area contributed by atoms with Gasteiger partial charge in [-0.25, -0.2) is 0 Å². The van der Waals surface area contributed by atoms with Crippen LogP contribution in [0.4, 0.5) is 0 Å². The number of rotatable bonds is 7. The van der Waals surface area contributed by atoms with Gasteiger partial charge in [-0.1, -0.05) is 6.92 Å². The molecule has 0 aromatic carbocycles. The minimum Gasteiger partial charge on any atom is -0.378 e. The summed E-state index contributed by atoms with van der Waals surface area (Å²) in [5.41, 5.74) is 2.51. The van der Waals surface area contributed by atoms with E-state index in [1.54, 1.807) is 0 Å². The number of nitrogens with one attached hydrogen (secondary N) is 1. The van der Waals surface area contributed by atoms with E-state index < -0.39 is 0 Å². The summed E-state index contributed by atoms with van der Waals surface area (Å²) in [6.07, 6.45) is 8.69. The summed E-state index contributed by atoms with van der Waals surface area (Å²) in [7, 11) is 4.11. The average Bonchev–Trinajstić information content (AvgIpc) is 2.84. The average molecular weight is 279 g/mol. The molecule has 0 radical (unpaired) electrons. The quantitative estimate of drug-likeness (QED) is 0.833. The maximum absolute atomic E-state index is 5.82. The standard InChI is InChI=1S/C16H29N3O/c1-4-13-11-15(19(3)18-13)12-14(17-2)8-9-16-7-5-6-10-20-16/h11,14,16-17H,4-10,12H2,1-3H3. The molecule has 1 N–H and O–H groups in total. The van der Waals surface area contributed by atoms with Crippen LogP contribution in [-0.2, 0) is 24.6 Å². The molecule has 2 unspecified atom stereocenters. The van der Waals surface area contributed by atoms with Gasteiger partial charge < -0.3 is 10.1 Å². The molecule has 1 aromatic heterocycles. The monoisotopic (exact) mass is 279 g/mol. The Kier molecular flexibility index (Phi) is 6.05. The summed E-state index contributed by atoms with van der Waals surface area (Å²) in [5.74, 6) is 0. The molecule has 1 aromatic rings. The van der Waals surface area contributed by atoms with Crippen molar-refractivity contribution in [1.82, 2.24) is 15.1 Å². The van der Waals surface area contributed by atoms with E-state index in [1.807, 2.05) is 11.7 Å². The summed E-state index contributed by atoms with van der Waals surface area (Å²) < 4.78 is 7.85. The molecule has 1 fully saturated rings. The molecule has 1 saturated heterocycles. The summed E-state index contributed by atoms with van der Waals surface area (Å²) in [4.78, 5) is 0. The highest BCUT2D eigenvalue weighted by atomic mass is 16.5. The lowest BCUT2D eigenvalue weighted by atomic mass is 9.99. The van der Waals surface area contributed by atoms with Gasteiger partial charge in [0.1, 0.15) is 0 Å². The summed E-state index contributed by atoms with van der Waals surface area (Å²) in [6.45, 7) is 3.11. The van der Waals surface area contributed by atoms with Crippen molar-refractivity contribution in [3.05, 3.63) is 17.5 Å². The second-order valence-electron chi connectivity index (χ2n) is 5.86. The van der Waals surface area contributed by atoms with Gasteiger partial charge in [0, 0.05) is 31.8 Å². The van der Waals surface area contributed by atoms with Gasteiger partial charge in [0.25, 0.3) is 0 Å². The van der Waals surface area contributed by atoms with Crippen LogP contribution in [0.2, 0.25) is 0 Å². The van der Waals surface area contributed by atoms with Crippen molar-refractivity contribution in [2.75, 3.05) is 13.7 Å². The zero-order chi connectivity index (χ0) is 14.4. The SMILES string of the molecule is CCc1cc(CC(CCC2CCCCO2)NC)n(C)n1. The van der Waals surface area contributed by atoms with Gasteiger partial charge in [-0.05, 0) is 51.6 Å². The summed E-state index contributed by atoms with van der Waals surface area (Å²) >= 11 is 0. The fourth-order valence-electron chi connectivity index (χ4n) is 2.96. The van der Waals surface area contributed by atoms with Gasteiger partial charge in [0.05, 0.1) is 11.8 Å². The second kappa shape index (κ2) is 7.79. The lowest BCUT2D eigenvalue weighted by Crippen LogP contribution is -2.30. The fourth-order valence-corrected chi connectivity index (χ4v) is 2.96. The molecule has 20 heavy (non-hydrogen) atoms. The maximum Gasteiger partial charge on any atom is 0.0624 e. The Morgan fingerprint density at radius 3 is 2.95 bits per heavy atom. The topological polar surface area (TPSA) is 39.1 Å². The zero-order valence-electron chi connectivity index (χ0n) is 13.2. The molecular formula is C16H29N3O. The number of ether oxygens (including phenoxy) is 1. The van der Waals surface area contributed by atoms with Gasteiger partial charge in [0.2, 0.25) is 0 Å². The Hall–Kier alpha value is -0.870. The summed E-state index contributed by atoms with van der Waals surface area (Å²) in [6, 6.07) is 2.75. The van der Waals surface area contributed by atoms with Gasteiger partial charge in [-0.15, -0.1) is 0 Å². The van der Waals surface area contributed by atoms with Gasteiger partial charge in [-0.3, -0.25) is 4.68 Å². The highest BCUT2D eigenvalue weighted by Crippen LogP contribution is 2.19. The van der Waals surface area contributed by atoms with Crippen molar-refractivity contribution in [3.8, 4) is 0 Å². The third kappa shape index (κ3) is 4.32. The first kappa shape index (κ1) is 15.5. The molecule has 114 valence electrons. The normalized spacial score (nSPS) is 21.1. The van der Waals surface area contributed by atoms with E-state index >= 15 is 0 Å². The van der Waals surface area contributed by atoms with Crippen LogP contribution in [-0.4, -0.2) is 35.6 Å². The lowest BCUT2D eigenvalue weighted by molar-refractivity contribution is 0.00867. The van der Waals surface area contributed by atoms with Crippen LogP contribution >= 0.6 is 0 Å². The molecule has 0 saturated carbocycles. The highest BCUT2D eigenvalue weighted by Gasteiger charge is 2.17. The van der Waals surface area contributed by atoms with E-state index in [2.05, 4.69) is 30.5 Å². The van der Waals surface area contributed by atoms with Gasteiger partial charge in [-0.2, -0.15) is 5.10 Å². The molecule has 1 aliphatic rings. The van der Waals surface area contributed by atoms with Crippen LogP contribution in [0.25, 0.3) is 0 Å². The van der Waals surface area contributed by atoms with E-state index in [9.17, 15) is 0 Å². The van der Waals surface area contributed by atoms with Crippen LogP contribution < -0.4 is 5.32 Å².